The predicted octanol–water partition coefficient (Wildman–Crippen LogP) is 4.15. The van der Waals surface area contributed by atoms with Gasteiger partial charge in [-0.05, 0) is 54.7 Å². The first-order valence-electron chi connectivity index (χ1n) is 8.57. The molecule has 0 aromatic heterocycles. The first kappa shape index (κ1) is 16.3. The van der Waals surface area contributed by atoms with Gasteiger partial charge in [0.05, 0.1) is 13.8 Å². The fourth-order valence-electron chi connectivity index (χ4n) is 3.72. The molecule has 0 amide bonds. The van der Waals surface area contributed by atoms with E-state index in [2.05, 4.69) is 34.3 Å². The zero-order valence-corrected chi connectivity index (χ0v) is 15.0. The van der Waals surface area contributed by atoms with E-state index in [1.165, 1.54) is 24.1 Å². The average Bonchev–Trinajstić information content (AvgIpc) is 3.48. The second kappa shape index (κ2) is 6.29. The fraction of sp³-hybridized carbons (Fsp3) is 0.333. The number of fused-ring (bicyclic) bond motifs is 1. The van der Waals surface area contributed by atoms with Gasteiger partial charge in [-0.25, -0.2) is 0 Å². The number of nitrogens with zero attached hydrogens (tertiary/aromatic N) is 1. The highest BCUT2D eigenvalue weighted by Crippen LogP contribution is 2.50. The molecule has 1 aliphatic heterocycles. The van der Waals surface area contributed by atoms with E-state index in [0.29, 0.717) is 5.92 Å². The Morgan fingerprint density at radius 1 is 1.28 bits per heavy atom. The third-order valence-electron chi connectivity index (χ3n) is 5.22. The van der Waals surface area contributed by atoms with Crippen LogP contribution in [-0.4, -0.2) is 13.8 Å². The van der Waals surface area contributed by atoms with Crippen LogP contribution in [0.5, 0.6) is 5.75 Å². The molecular formula is C21H21ClN2O. The number of ether oxygens (including phenoxy) is 1. The van der Waals surface area contributed by atoms with Gasteiger partial charge < -0.3 is 9.64 Å². The molecular weight excluding hydrogens is 332 g/mol. The van der Waals surface area contributed by atoms with Crippen molar-refractivity contribution in [2.75, 3.05) is 18.7 Å². The first-order valence-corrected chi connectivity index (χ1v) is 8.95. The number of hydrogen-bond acceptors (Lipinski definition) is 3. The van der Waals surface area contributed by atoms with Crippen molar-refractivity contribution in [1.29, 1.82) is 0 Å². The smallest absolute Gasteiger partial charge is 0.118 e. The highest BCUT2D eigenvalue weighted by atomic mass is 35.5. The highest BCUT2D eigenvalue weighted by molar-refractivity contribution is 6.30. The zero-order chi connectivity index (χ0) is 17.4. The molecule has 4 heteroatoms. The van der Waals surface area contributed by atoms with Crippen molar-refractivity contribution in [3.05, 3.63) is 58.6 Å². The van der Waals surface area contributed by atoms with E-state index in [-0.39, 0.29) is 0 Å². The second-order valence-corrected chi connectivity index (χ2v) is 7.21. The van der Waals surface area contributed by atoms with Crippen molar-refractivity contribution < 1.29 is 4.74 Å². The summed E-state index contributed by atoms with van der Waals surface area (Å²) in [7, 11) is 1.68. The van der Waals surface area contributed by atoms with Gasteiger partial charge in [0, 0.05) is 22.8 Å². The van der Waals surface area contributed by atoms with Crippen LogP contribution in [0.25, 0.3) is 0 Å². The number of benzene rings is 2. The lowest BCUT2D eigenvalue weighted by Crippen LogP contribution is -2.53. The summed E-state index contributed by atoms with van der Waals surface area (Å²) in [6.45, 7) is 1.53. The Kier molecular flexibility index (Phi) is 4.11. The van der Waals surface area contributed by atoms with E-state index in [4.69, 9.17) is 22.8 Å². The van der Waals surface area contributed by atoms with Gasteiger partial charge in [0.25, 0.3) is 0 Å². The summed E-state index contributed by atoms with van der Waals surface area (Å²) in [6.07, 6.45) is 8.32. The van der Waals surface area contributed by atoms with E-state index in [9.17, 15) is 0 Å². The van der Waals surface area contributed by atoms with Gasteiger partial charge in [-0.15, -0.1) is 6.42 Å². The fourth-order valence-corrected chi connectivity index (χ4v) is 3.89. The van der Waals surface area contributed by atoms with Gasteiger partial charge in [0.2, 0.25) is 0 Å². The van der Waals surface area contributed by atoms with Crippen LogP contribution in [0, 0.1) is 18.3 Å². The standard InChI is InChI=1S/C21H21ClN2O/c1-3-21(16-6-7-16)19-12-17(22)8-11-20(19)24(14-23-21)13-15-4-9-18(25-2)10-5-15/h1,4-5,8-12,16,23H,6-7,13-14H2,2H3. The minimum atomic E-state index is -0.392. The molecule has 1 saturated carbocycles. The molecule has 2 aromatic rings. The minimum Gasteiger partial charge on any atom is -0.497 e. The van der Waals surface area contributed by atoms with Crippen molar-refractivity contribution >= 4 is 17.3 Å². The van der Waals surface area contributed by atoms with E-state index >= 15 is 0 Å². The molecule has 4 rings (SSSR count). The molecule has 0 radical (unpaired) electrons. The van der Waals surface area contributed by atoms with Gasteiger partial charge in [0.15, 0.2) is 0 Å². The maximum Gasteiger partial charge on any atom is 0.118 e. The molecule has 2 aromatic carbocycles. The molecule has 1 N–H and O–H groups in total. The van der Waals surface area contributed by atoms with Crippen molar-refractivity contribution in [2.24, 2.45) is 5.92 Å². The van der Waals surface area contributed by atoms with Crippen LogP contribution in [0.3, 0.4) is 0 Å². The lowest BCUT2D eigenvalue weighted by molar-refractivity contribution is 0.361. The number of rotatable bonds is 4. The summed E-state index contributed by atoms with van der Waals surface area (Å²) in [5, 5.41) is 4.36. The maximum absolute atomic E-state index is 6.30. The third kappa shape index (κ3) is 2.86. The molecule has 1 aliphatic carbocycles. The molecule has 25 heavy (non-hydrogen) atoms. The van der Waals surface area contributed by atoms with Gasteiger partial charge >= 0.3 is 0 Å². The molecule has 3 nitrogen and oxygen atoms in total. The molecule has 1 unspecified atom stereocenters. The summed E-state index contributed by atoms with van der Waals surface area (Å²) >= 11 is 6.30. The molecule has 0 bridgehead atoms. The SMILES string of the molecule is C#CC1(C2CC2)NCN(Cc2ccc(OC)cc2)c2ccc(Cl)cc21. The number of hydrogen-bond donors (Lipinski definition) is 1. The van der Waals surface area contributed by atoms with Crippen LogP contribution in [0.1, 0.15) is 24.0 Å². The van der Waals surface area contributed by atoms with Crippen molar-refractivity contribution in [3.63, 3.8) is 0 Å². The Balaban J connectivity index is 1.68. The Hall–Kier alpha value is -2.15. The second-order valence-electron chi connectivity index (χ2n) is 6.77. The summed E-state index contributed by atoms with van der Waals surface area (Å²) in [5.41, 5.74) is 3.13. The van der Waals surface area contributed by atoms with E-state index < -0.39 is 5.54 Å². The Morgan fingerprint density at radius 2 is 2.04 bits per heavy atom. The molecule has 1 fully saturated rings. The summed E-state index contributed by atoms with van der Waals surface area (Å²) in [4.78, 5) is 2.31. The number of nitrogens with one attached hydrogen (secondary N) is 1. The lowest BCUT2D eigenvalue weighted by Gasteiger charge is -2.43. The highest BCUT2D eigenvalue weighted by Gasteiger charge is 2.48. The summed E-state index contributed by atoms with van der Waals surface area (Å²) in [5.74, 6) is 4.42. The average molecular weight is 353 g/mol. The van der Waals surface area contributed by atoms with Crippen LogP contribution >= 0.6 is 11.6 Å². The predicted molar refractivity (Wildman–Crippen MR) is 102 cm³/mol. The van der Waals surface area contributed by atoms with Crippen LogP contribution in [0.2, 0.25) is 5.02 Å². The topological polar surface area (TPSA) is 24.5 Å². The quantitative estimate of drug-likeness (QED) is 0.836. The zero-order valence-electron chi connectivity index (χ0n) is 14.3. The molecule has 2 aliphatic rings. The molecule has 1 heterocycles. The molecule has 128 valence electrons. The number of halogens is 1. The van der Waals surface area contributed by atoms with E-state index in [0.717, 1.165) is 29.5 Å². The van der Waals surface area contributed by atoms with Crippen LogP contribution in [0.15, 0.2) is 42.5 Å². The van der Waals surface area contributed by atoms with E-state index in [1.54, 1.807) is 7.11 Å². The maximum atomic E-state index is 6.30. The largest absolute Gasteiger partial charge is 0.497 e. The van der Waals surface area contributed by atoms with Crippen LogP contribution < -0.4 is 15.0 Å². The first-order chi connectivity index (χ1) is 12.2. The van der Waals surface area contributed by atoms with Gasteiger partial charge in [0.1, 0.15) is 11.3 Å². The summed E-state index contributed by atoms with van der Waals surface area (Å²) in [6, 6.07) is 14.2. The van der Waals surface area contributed by atoms with Gasteiger partial charge in [-0.3, -0.25) is 5.32 Å². The normalized spacial score (nSPS) is 22.2. The van der Waals surface area contributed by atoms with Crippen molar-refractivity contribution in [1.82, 2.24) is 5.32 Å². The Bertz CT molecular complexity index is 823. The van der Waals surface area contributed by atoms with Crippen molar-refractivity contribution in [2.45, 2.75) is 24.9 Å². The minimum absolute atomic E-state index is 0.392. The third-order valence-corrected chi connectivity index (χ3v) is 5.46. The van der Waals surface area contributed by atoms with Crippen LogP contribution in [-0.2, 0) is 12.1 Å². The number of anilines is 1. The Morgan fingerprint density at radius 3 is 2.68 bits per heavy atom. The summed E-state index contributed by atoms with van der Waals surface area (Å²) < 4.78 is 5.24. The monoisotopic (exact) mass is 352 g/mol. The lowest BCUT2D eigenvalue weighted by atomic mass is 9.83. The molecule has 1 atom stereocenters. The molecule has 0 saturated heterocycles. The van der Waals surface area contributed by atoms with Crippen LogP contribution in [0.4, 0.5) is 5.69 Å². The number of terminal acetylenes is 1. The number of methoxy groups -OCH3 is 1. The molecule has 0 spiro atoms. The van der Waals surface area contributed by atoms with Gasteiger partial charge in [-0.1, -0.05) is 29.7 Å². The Labute approximate surface area is 153 Å². The van der Waals surface area contributed by atoms with Gasteiger partial charge in [-0.2, -0.15) is 0 Å². The van der Waals surface area contributed by atoms with E-state index in [1.807, 2.05) is 24.3 Å². The van der Waals surface area contributed by atoms with Crippen molar-refractivity contribution in [3.8, 4) is 18.1 Å².